The van der Waals surface area contributed by atoms with Crippen molar-refractivity contribution in [3.8, 4) is 11.8 Å². The maximum absolute atomic E-state index is 13.4. The molecule has 0 atom stereocenters. The van der Waals surface area contributed by atoms with Crippen LogP contribution in [0.5, 0.6) is 0 Å². The van der Waals surface area contributed by atoms with Gasteiger partial charge >= 0.3 is 5.97 Å². The highest BCUT2D eigenvalue weighted by molar-refractivity contribution is 7.15. The molecule has 4 nitrogen and oxygen atoms in total. The number of carbonyl (C=O) groups excluding carboxylic acids is 2. The number of anilines is 1. The van der Waals surface area contributed by atoms with Crippen LogP contribution in [-0.2, 0) is 9.53 Å². The molecule has 0 bridgehead atoms. The molecule has 5 heteroatoms. The molecule has 1 aromatic heterocycles. The Morgan fingerprint density at radius 3 is 2.32 bits per heavy atom. The Morgan fingerprint density at radius 2 is 1.82 bits per heavy atom. The van der Waals surface area contributed by atoms with Gasteiger partial charge in [0.15, 0.2) is 0 Å². The molecule has 2 rings (SSSR count). The van der Waals surface area contributed by atoms with Gasteiger partial charge in [0, 0.05) is 17.4 Å². The van der Waals surface area contributed by atoms with E-state index in [0.717, 1.165) is 30.6 Å². The summed E-state index contributed by atoms with van der Waals surface area (Å²) < 4.78 is 4.99. The van der Waals surface area contributed by atoms with Crippen molar-refractivity contribution in [3.05, 3.63) is 15.8 Å². The lowest BCUT2D eigenvalue weighted by molar-refractivity contribution is -0.123. The third-order valence-corrected chi connectivity index (χ3v) is 6.04. The number of carbonyl (C=O) groups is 2. The van der Waals surface area contributed by atoms with E-state index in [1.807, 2.05) is 40.7 Å². The van der Waals surface area contributed by atoms with Crippen molar-refractivity contribution in [1.29, 1.82) is 0 Å². The van der Waals surface area contributed by atoms with Crippen molar-refractivity contribution < 1.29 is 14.3 Å². The number of esters is 1. The first-order valence-corrected chi connectivity index (χ1v) is 10.9. The highest BCUT2D eigenvalue weighted by Crippen LogP contribution is 2.36. The van der Waals surface area contributed by atoms with E-state index < -0.39 is 5.97 Å². The van der Waals surface area contributed by atoms with Gasteiger partial charge in [-0.1, -0.05) is 18.8 Å². The van der Waals surface area contributed by atoms with Crippen LogP contribution in [0.25, 0.3) is 0 Å². The maximum atomic E-state index is 13.4. The Kier molecular flexibility index (Phi) is 7.33. The fraction of sp³-hybridized carbons (Fsp3) is 0.652. The second kappa shape index (κ2) is 9.13. The number of ether oxygens (including phenoxy) is 1. The van der Waals surface area contributed by atoms with E-state index in [1.165, 1.54) is 18.4 Å². The number of amides is 1. The first kappa shape index (κ1) is 22.5. The van der Waals surface area contributed by atoms with Crippen molar-refractivity contribution in [2.75, 3.05) is 12.0 Å². The molecule has 1 heterocycles. The third kappa shape index (κ3) is 5.61. The van der Waals surface area contributed by atoms with Crippen LogP contribution in [0.3, 0.4) is 0 Å². The second-order valence-corrected chi connectivity index (χ2v) is 10.1. The zero-order valence-corrected chi connectivity index (χ0v) is 19.0. The Morgan fingerprint density at radius 1 is 1.21 bits per heavy atom. The molecule has 1 aliphatic carbocycles. The minimum atomic E-state index is -0.417. The van der Waals surface area contributed by atoms with E-state index in [-0.39, 0.29) is 23.3 Å². The Balaban J connectivity index is 2.44. The predicted octanol–water partition coefficient (Wildman–Crippen LogP) is 5.50. The molecule has 0 aromatic carbocycles. The summed E-state index contributed by atoms with van der Waals surface area (Å²) in [5, 5.41) is 0. The van der Waals surface area contributed by atoms with Gasteiger partial charge in [0.25, 0.3) is 0 Å². The number of nitrogens with zero attached hydrogens (tertiary/aromatic N) is 1. The highest BCUT2D eigenvalue weighted by Gasteiger charge is 2.33. The van der Waals surface area contributed by atoms with E-state index in [4.69, 9.17) is 4.74 Å². The Hall–Kier alpha value is -1.80. The molecular formula is C23H33NO3S. The van der Waals surface area contributed by atoms with E-state index in [2.05, 4.69) is 18.8 Å². The van der Waals surface area contributed by atoms with Crippen LogP contribution in [0, 0.1) is 29.1 Å². The van der Waals surface area contributed by atoms with Gasteiger partial charge < -0.3 is 9.64 Å². The minimum absolute atomic E-state index is 0.0214. The smallest absolute Gasteiger partial charge is 0.350 e. The summed E-state index contributed by atoms with van der Waals surface area (Å²) in [5.41, 5.74) is 0.496. The zero-order valence-electron chi connectivity index (χ0n) is 18.2. The van der Waals surface area contributed by atoms with E-state index >= 15 is 0 Å². The summed E-state index contributed by atoms with van der Waals surface area (Å²) in [5.74, 6) is 6.77. The van der Waals surface area contributed by atoms with Crippen molar-refractivity contribution in [3.63, 3.8) is 0 Å². The van der Waals surface area contributed by atoms with Crippen molar-refractivity contribution in [2.24, 2.45) is 17.3 Å². The minimum Gasteiger partial charge on any atom is -0.465 e. The van der Waals surface area contributed by atoms with Crippen LogP contribution in [0.4, 0.5) is 5.69 Å². The predicted molar refractivity (Wildman–Crippen MR) is 116 cm³/mol. The first-order chi connectivity index (χ1) is 13.0. The molecule has 0 aliphatic heterocycles. The van der Waals surface area contributed by atoms with E-state index in [9.17, 15) is 9.59 Å². The average molecular weight is 404 g/mol. The number of methoxy groups -OCH3 is 1. The molecule has 0 radical (unpaired) electrons. The van der Waals surface area contributed by atoms with Gasteiger partial charge in [0.05, 0.1) is 17.7 Å². The molecule has 1 aliphatic rings. The molecule has 154 valence electrons. The third-order valence-electron chi connectivity index (χ3n) is 5.02. The Labute approximate surface area is 173 Å². The summed E-state index contributed by atoms with van der Waals surface area (Å²) in [4.78, 5) is 28.8. The largest absolute Gasteiger partial charge is 0.465 e. The summed E-state index contributed by atoms with van der Waals surface area (Å²) in [6.45, 7) is 12.4. The number of hydrogen-bond acceptors (Lipinski definition) is 4. The van der Waals surface area contributed by atoms with Crippen LogP contribution in [0.15, 0.2) is 6.07 Å². The molecule has 1 saturated carbocycles. The number of thiophene rings is 1. The fourth-order valence-electron chi connectivity index (χ4n) is 3.47. The van der Waals surface area contributed by atoms with Gasteiger partial charge in [-0.05, 0) is 72.3 Å². The van der Waals surface area contributed by atoms with Gasteiger partial charge in [-0.2, -0.15) is 0 Å². The number of hydrogen-bond donors (Lipinski definition) is 0. The first-order valence-electron chi connectivity index (χ1n) is 10.1. The molecular weight excluding hydrogens is 370 g/mol. The molecule has 0 N–H and O–H groups in total. The van der Waals surface area contributed by atoms with Gasteiger partial charge in [0.2, 0.25) is 5.91 Å². The monoisotopic (exact) mass is 403 g/mol. The van der Waals surface area contributed by atoms with Gasteiger partial charge in [0.1, 0.15) is 4.88 Å². The van der Waals surface area contributed by atoms with E-state index in [0.29, 0.717) is 16.5 Å². The summed E-state index contributed by atoms with van der Waals surface area (Å²) in [6, 6.07) is 1.83. The average Bonchev–Trinajstić information content (AvgIpc) is 3.03. The maximum Gasteiger partial charge on any atom is 0.350 e. The molecule has 0 unspecified atom stereocenters. The lowest BCUT2D eigenvalue weighted by Crippen LogP contribution is -2.42. The zero-order chi connectivity index (χ0) is 21.1. The second-order valence-electron chi connectivity index (χ2n) is 9.08. The van der Waals surface area contributed by atoms with Crippen LogP contribution >= 0.6 is 11.3 Å². The van der Waals surface area contributed by atoms with Crippen LogP contribution in [-0.4, -0.2) is 25.0 Å². The molecule has 1 amide bonds. The normalized spacial score (nSPS) is 19.7. The topological polar surface area (TPSA) is 46.6 Å². The van der Waals surface area contributed by atoms with E-state index in [1.54, 1.807) is 4.90 Å². The standard InChI is InChI=1S/C23H33NO3S/c1-15(2)24(21(25)17-10-8-16(3)9-11-17)19-14-18(12-13-23(4,5)6)28-20(19)22(26)27-7/h14-17H,8-11H2,1-7H3. The molecule has 1 aromatic rings. The highest BCUT2D eigenvalue weighted by atomic mass is 32.1. The van der Waals surface area contributed by atoms with Crippen molar-refractivity contribution in [2.45, 2.75) is 73.3 Å². The summed E-state index contributed by atoms with van der Waals surface area (Å²) in [6.07, 6.45) is 3.99. The molecule has 0 saturated heterocycles. The summed E-state index contributed by atoms with van der Waals surface area (Å²) >= 11 is 1.30. The van der Waals surface area contributed by atoms with Crippen LogP contribution in [0.1, 0.15) is 81.8 Å². The molecule has 0 spiro atoms. The quantitative estimate of drug-likeness (QED) is 0.492. The van der Waals surface area contributed by atoms with Gasteiger partial charge in [-0.3, -0.25) is 4.79 Å². The van der Waals surface area contributed by atoms with Gasteiger partial charge in [-0.25, -0.2) is 4.79 Å². The van der Waals surface area contributed by atoms with Gasteiger partial charge in [-0.15, -0.1) is 11.3 Å². The van der Waals surface area contributed by atoms with Crippen LogP contribution < -0.4 is 4.90 Å². The number of rotatable bonds is 4. The van der Waals surface area contributed by atoms with Crippen molar-refractivity contribution in [1.82, 2.24) is 0 Å². The molecule has 28 heavy (non-hydrogen) atoms. The fourth-order valence-corrected chi connectivity index (χ4v) is 4.39. The van der Waals surface area contributed by atoms with Crippen molar-refractivity contribution >= 4 is 28.9 Å². The lowest BCUT2D eigenvalue weighted by atomic mass is 9.82. The van der Waals surface area contributed by atoms with Crippen LogP contribution in [0.2, 0.25) is 0 Å². The Bertz CT molecular complexity index is 768. The molecule has 1 fully saturated rings. The summed E-state index contributed by atoms with van der Waals surface area (Å²) in [7, 11) is 1.37. The lowest BCUT2D eigenvalue weighted by Gasteiger charge is -2.33. The SMILES string of the molecule is COC(=O)c1sc(C#CC(C)(C)C)cc1N(C(=O)C1CCC(C)CC1)C(C)C.